The quantitative estimate of drug-likeness (QED) is 0.122. The second kappa shape index (κ2) is 17.4. The zero-order chi connectivity index (χ0) is 44.7. The lowest BCUT2D eigenvalue weighted by molar-refractivity contribution is 1.07. The summed E-state index contributed by atoms with van der Waals surface area (Å²) in [5, 5.41) is 2.33. The van der Waals surface area contributed by atoms with Crippen molar-refractivity contribution in [2.24, 2.45) is 0 Å². The minimum atomic E-state index is -1.81. The summed E-state index contributed by atoms with van der Waals surface area (Å²) in [5.74, 6) is 2.56. The van der Waals surface area contributed by atoms with Gasteiger partial charge in [-0.1, -0.05) is 148 Å². The summed E-state index contributed by atoms with van der Waals surface area (Å²) < 4.78 is 2.40. The van der Waals surface area contributed by atoms with Crippen molar-refractivity contribution in [1.29, 1.82) is 0 Å². The molecular weight excluding hydrogens is 826 g/mol. The maximum atomic E-state index is 5.27. The first kappa shape index (κ1) is 42.4. The molecule has 8 heteroatoms. The third-order valence-corrected chi connectivity index (χ3v) is 20.7. The van der Waals surface area contributed by atoms with E-state index in [-0.39, 0.29) is 0 Å². The van der Waals surface area contributed by atoms with Crippen LogP contribution in [-0.4, -0.2) is 44.7 Å². The van der Waals surface area contributed by atoms with Crippen LogP contribution in [0.25, 0.3) is 61.7 Å². The van der Waals surface area contributed by atoms with Gasteiger partial charge < -0.3 is 4.57 Å². The summed E-state index contributed by atoms with van der Waals surface area (Å²) in [5.41, 5.74) is 7.58. The molecular formula is C57H52B2N4S2. The highest BCUT2D eigenvalue weighted by molar-refractivity contribution is 8.53. The maximum Gasteiger partial charge on any atom is 0.188 e. The molecule has 0 spiro atoms. The van der Waals surface area contributed by atoms with Crippen molar-refractivity contribution in [2.75, 3.05) is 12.5 Å². The highest BCUT2D eigenvalue weighted by Crippen LogP contribution is 2.73. The fourth-order valence-electron chi connectivity index (χ4n) is 8.91. The van der Waals surface area contributed by atoms with Crippen LogP contribution in [0.2, 0.25) is 27.3 Å². The Hall–Kier alpha value is -6.60. The highest BCUT2D eigenvalue weighted by atomic mass is 32.3. The van der Waals surface area contributed by atoms with Gasteiger partial charge in [0.2, 0.25) is 0 Å². The summed E-state index contributed by atoms with van der Waals surface area (Å²) in [7, 11) is -2.85. The molecule has 0 unspecified atom stereocenters. The first-order chi connectivity index (χ1) is 31.6. The van der Waals surface area contributed by atoms with Gasteiger partial charge in [0.05, 0.1) is 11.0 Å². The lowest BCUT2D eigenvalue weighted by Gasteiger charge is -2.42. The van der Waals surface area contributed by atoms with Crippen LogP contribution >= 0.6 is 19.9 Å². The molecule has 0 atom stereocenters. The predicted octanol–water partition coefficient (Wildman–Crippen LogP) is 14.9. The Labute approximate surface area is 387 Å². The second-order valence-electron chi connectivity index (χ2n) is 17.7. The van der Waals surface area contributed by atoms with Crippen LogP contribution in [0.5, 0.6) is 0 Å². The summed E-state index contributed by atoms with van der Waals surface area (Å²) in [6.45, 7) is 9.47. The first-order valence-corrected chi connectivity index (χ1v) is 26.6. The Kier molecular flexibility index (Phi) is 11.3. The van der Waals surface area contributed by atoms with Gasteiger partial charge in [0, 0.05) is 52.7 Å². The number of nitrogens with zero attached hydrogens (tertiary/aromatic N) is 4. The van der Waals surface area contributed by atoms with Gasteiger partial charge in [0.15, 0.2) is 30.2 Å². The van der Waals surface area contributed by atoms with Crippen molar-refractivity contribution in [3.05, 3.63) is 206 Å². The number of rotatable bonds is 11. The Bertz CT molecular complexity index is 3200. The van der Waals surface area contributed by atoms with Gasteiger partial charge in [-0.3, -0.25) is 0 Å². The molecule has 0 bridgehead atoms. The van der Waals surface area contributed by atoms with E-state index in [1.165, 1.54) is 35.3 Å². The third-order valence-electron chi connectivity index (χ3n) is 13.0. The van der Waals surface area contributed by atoms with Crippen molar-refractivity contribution in [3.8, 4) is 39.9 Å². The molecule has 0 N–H and O–H groups in total. The van der Waals surface area contributed by atoms with Crippen LogP contribution < -0.4 is 5.46 Å². The van der Waals surface area contributed by atoms with Gasteiger partial charge in [-0.2, -0.15) is 0 Å². The zero-order valence-electron chi connectivity index (χ0n) is 37.9. The summed E-state index contributed by atoms with van der Waals surface area (Å²) >= 11 is 0. The molecule has 318 valence electrons. The molecule has 0 aliphatic carbocycles. The van der Waals surface area contributed by atoms with Crippen molar-refractivity contribution in [3.63, 3.8) is 0 Å². The smallest absolute Gasteiger partial charge is 0.188 e. The largest absolute Gasteiger partial charge is 0.309 e. The van der Waals surface area contributed by atoms with Gasteiger partial charge in [-0.05, 0) is 108 Å². The molecule has 0 radical (unpaired) electrons. The average Bonchev–Trinajstić information content (AvgIpc) is 3.69. The molecule has 65 heavy (non-hydrogen) atoms. The minimum Gasteiger partial charge on any atom is -0.309 e. The molecule has 0 amide bonds. The van der Waals surface area contributed by atoms with E-state index in [2.05, 4.69) is 251 Å². The average molecular weight is 879 g/mol. The summed E-state index contributed by atoms with van der Waals surface area (Å²) in [4.78, 5) is 22.2. The van der Waals surface area contributed by atoms with E-state index < -0.39 is 19.9 Å². The Morgan fingerprint density at radius 1 is 0.385 bits per heavy atom. The molecule has 10 aromatic rings. The number of hydrogen-bond donors (Lipinski definition) is 0. The fourth-order valence-corrected chi connectivity index (χ4v) is 14.2. The van der Waals surface area contributed by atoms with Crippen molar-refractivity contribution in [2.45, 2.75) is 51.8 Å². The Morgan fingerprint density at radius 2 is 0.846 bits per heavy atom. The molecule has 0 saturated heterocycles. The van der Waals surface area contributed by atoms with Crippen LogP contribution in [0.15, 0.2) is 231 Å². The van der Waals surface area contributed by atoms with E-state index in [0.29, 0.717) is 30.2 Å². The number of para-hydroxylation sites is 1. The van der Waals surface area contributed by atoms with Gasteiger partial charge in [0.25, 0.3) is 0 Å². The number of hydrogen-bond acceptors (Lipinski definition) is 3. The molecule has 0 aliphatic rings. The zero-order valence-corrected chi connectivity index (χ0v) is 39.5. The molecule has 2 heterocycles. The van der Waals surface area contributed by atoms with Gasteiger partial charge in [-0.25, -0.2) is 24.8 Å². The topological polar surface area (TPSA) is 43.6 Å². The standard InChI is InChI=1S/C57H52B2N4S2/c1-58(2)44-22-18-20-41(38-44)55-60-56(42-21-19-29-50(39-42)64(5,6)59(3)4)62-57(61-55)43-32-37-54-52(40-43)51-30-16-17-31-53(51)63(54)45-33-35-49(36-34-45)65(46-23-10-7-11-24-46,47-25-12-8-13-26-47)48-27-14-9-15-28-48/h7-40H,1-6H3. The number of fused-ring (bicyclic) bond motifs is 3. The summed E-state index contributed by atoms with van der Waals surface area (Å²) in [6, 6.07) is 75.3. The molecule has 10 rings (SSSR count). The van der Waals surface area contributed by atoms with Crippen LogP contribution in [0, 0.1) is 0 Å². The SMILES string of the molecule is CB(C)c1cccc(-c2nc(-c3cccc(S(C)(C)B(C)C)c3)nc(-c3ccc4c(c3)c3ccccc3n4-c3ccc(S(c4ccccc4)(c4ccccc4)c4ccccc4)cc3)n2)c1. The highest BCUT2D eigenvalue weighted by Gasteiger charge is 2.33. The van der Waals surface area contributed by atoms with E-state index in [1.54, 1.807) is 0 Å². The third kappa shape index (κ3) is 7.69. The van der Waals surface area contributed by atoms with Gasteiger partial charge in [0.1, 0.15) is 0 Å². The number of benzene rings is 8. The van der Waals surface area contributed by atoms with Crippen LogP contribution in [0.3, 0.4) is 0 Å². The molecule has 4 nitrogen and oxygen atoms in total. The minimum absolute atomic E-state index is 0.380. The van der Waals surface area contributed by atoms with E-state index in [0.717, 1.165) is 38.8 Å². The lowest BCUT2D eigenvalue weighted by atomic mass is 9.49. The normalized spacial score (nSPS) is 12.3. The number of aromatic nitrogens is 4. The monoisotopic (exact) mass is 878 g/mol. The van der Waals surface area contributed by atoms with Crippen molar-refractivity contribution < 1.29 is 0 Å². The van der Waals surface area contributed by atoms with E-state index in [9.17, 15) is 0 Å². The predicted molar refractivity (Wildman–Crippen MR) is 283 cm³/mol. The van der Waals surface area contributed by atoms with Crippen LogP contribution in [-0.2, 0) is 0 Å². The second-order valence-corrected chi connectivity index (χ2v) is 25.0. The molecule has 0 fully saturated rings. The lowest BCUT2D eigenvalue weighted by Crippen LogP contribution is -2.22. The first-order valence-electron chi connectivity index (χ1n) is 22.4. The van der Waals surface area contributed by atoms with Gasteiger partial charge >= 0.3 is 0 Å². The molecule has 2 aromatic heterocycles. The molecule has 8 aromatic carbocycles. The fraction of sp³-hybridized carbons (Fsp3) is 0.105. The van der Waals surface area contributed by atoms with Gasteiger partial charge in [-0.15, -0.1) is 10.0 Å². The maximum absolute atomic E-state index is 5.27. The Balaban J connectivity index is 1.12. The van der Waals surface area contributed by atoms with Crippen LogP contribution in [0.4, 0.5) is 0 Å². The summed E-state index contributed by atoms with van der Waals surface area (Å²) in [6.07, 6.45) is 4.79. The van der Waals surface area contributed by atoms with Crippen molar-refractivity contribution in [1.82, 2.24) is 19.5 Å². The van der Waals surface area contributed by atoms with Crippen molar-refractivity contribution >= 4 is 59.9 Å². The molecule has 0 saturated carbocycles. The van der Waals surface area contributed by atoms with E-state index >= 15 is 0 Å². The Morgan fingerprint density at radius 3 is 1.40 bits per heavy atom. The van der Waals surface area contributed by atoms with Crippen LogP contribution in [0.1, 0.15) is 0 Å². The molecule has 0 aliphatic heterocycles. The van der Waals surface area contributed by atoms with E-state index in [1.807, 2.05) is 0 Å². The van der Waals surface area contributed by atoms with E-state index in [4.69, 9.17) is 15.0 Å².